The van der Waals surface area contributed by atoms with E-state index in [0.29, 0.717) is 43.6 Å². The fourth-order valence-electron chi connectivity index (χ4n) is 5.17. The maximum Gasteiger partial charge on any atom is 0.222 e. The molecule has 0 aliphatic rings. The minimum atomic E-state index is -4.27. The number of aryl methyl sites for hydroxylation is 1. The van der Waals surface area contributed by atoms with Crippen LogP contribution in [-0.2, 0) is 14.9 Å². The molecule has 1 rings (SSSR count). The number of nitrogens with zero attached hydrogens (tertiary/aromatic N) is 2. The molecule has 44 heavy (non-hydrogen) atoms. The van der Waals surface area contributed by atoms with Gasteiger partial charge in [-0.15, -0.1) is 0 Å². The van der Waals surface area contributed by atoms with Gasteiger partial charge in [0.05, 0.1) is 44.9 Å². The van der Waals surface area contributed by atoms with Crippen LogP contribution in [0.25, 0.3) is 0 Å². The number of amides is 1. The quantitative estimate of drug-likeness (QED) is 0.0698. The number of hydrogen-bond acceptors (Lipinski definition) is 7. The average Bonchev–Trinajstić information content (AvgIpc) is 2.97. The molecule has 0 spiro atoms. The summed E-state index contributed by atoms with van der Waals surface area (Å²) in [5, 5.41) is 27.9. The van der Waals surface area contributed by atoms with Crippen molar-refractivity contribution in [3.05, 3.63) is 29.8 Å². The number of carbonyl (C=O) groups excluding carboxylic acids is 1. The predicted molar refractivity (Wildman–Crippen MR) is 177 cm³/mol. The molecule has 0 unspecified atom stereocenters. The first kappa shape index (κ1) is 42.4. The third kappa shape index (κ3) is 22.9. The first-order chi connectivity index (χ1) is 21.0. The molecule has 0 aliphatic carbocycles. The first-order valence-electron chi connectivity index (χ1n) is 17.0. The lowest BCUT2D eigenvalue weighted by atomic mass is 10.0. The second-order valence-corrected chi connectivity index (χ2v) is 13.7. The lowest BCUT2D eigenvalue weighted by molar-refractivity contribution is -0.909. The zero-order valence-corrected chi connectivity index (χ0v) is 28.9. The van der Waals surface area contributed by atoms with Crippen molar-refractivity contribution in [1.82, 2.24) is 4.90 Å². The summed E-state index contributed by atoms with van der Waals surface area (Å²) in [7, 11) is -2.28. The molecular weight excluding hydrogens is 580 g/mol. The topological polar surface area (TPSA) is 138 Å². The van der Waals surface area contributed by atoms with E-state index in [9.17, 15) is 33.1 Å². The van der Waals surface area contributed by atoms with E-state index in [0.717, 1.165) is 18.4 Å². The SMILES string of the molecule is CCCCCCCCCCCCCCCCCC(=O)N(CCO)CC[N+](C)(CCO)CCO.Cc1ccc(S(=O)(=O)[O-])cc1. The van der Waals surface area contributed by atoms with E-state index >= 15 is 0 Å². The van der Waals surface area contributed by atoms with Crippen molar-refractivity contribution in [3.8, 4) is 0 Å². The highest BCUT2D eigenvalue weighted by Gasteiger charge is 2.23. The van der Waals surface area contributed by atoms with Crippen LogP contribution in [-0.4, -0.2) is 103 Å². The standard InChI is InChI=1S/C27H57N2O4.C7H8O3S/c1-3-4-5-6-7-8-9-10-11-12-13-14-15-16-17-18-27(33)28(20-24-30)19-21-29(2,22-25-31)23-26-32;1-6-2-4-7(5-3-6)11(8,9)10/h30-32H,3-26H2,1-2H3;2-5H,1H3,(H,8,9,10)/q+1;/p-1. The summed E-state index contributed by atoms with van der Waals surface area (Å²) >= 11 is 0. The molecule has 3 N–H and O–H groups in total. The number of rotatable bonds is 26. The molecule has 0 fully saturated rings. The van der Waals surface area contributed by atoms with Crippen molar-refractivity contribution in [2.45, 2.75) is 121 Å². The van der Waals surface area contributed by atoms with E-state index in [1.807, 2.05) is 14.0 Å². The van der Waals surface area contributed by atoms with Crippen LogP contribution in [0.4, 0.5) is 0 Å². The number of hydrogen-bond donors (Lipinski definition) is 3. The van der Waals surface area contributed by atoms with E-state index in [1.165, 1.54) is 95.6 Å². The van der Waals surface area contributed by atoms with Crippen LogP contribution < -0.4 is 0 Å². The zero-order chi connectivity index (χ0) is 33.1. The van der Waals surface area contributed by atoms with Gasteiger partial charge < -0.3 is 29.3 Å². The lowest BCUT2D eigenvalue weighted by Crippen LogP contribution is -2.52. The summed E-state index contributed by atoms with van der Waals surface area (Å²) in [6.07, 6.45) is 20.2. The second-order valence-electron chi connectivity index (χ2n) is 12.3. The van der Waals surface area contributed by atoms with Gasteiger partial charge in [0, 0.05) is 13.0 Å². The molecule has 0 bridgehead atoms. The fraction of sp³-hybridized carbons (Fsp3) is 0.794. The third-order valence-electron chi connectivity index (χ3n) is 8.22. The normalized spacial score (nSPS) is 11.7. The third-order valence-corrected chi connectivity index (χ3v) is 9.07. The smallest absolute Gasteiger partial charge is 0.222 e. The van der Waals surface area contributed by atoms with Gasteiger partial charge in [-0.1, -0.05) is 115 Å². The summed E-state index contributed by atoms with van der Waals surface area (Å²) in [5.41, 5.74) is 0.928. The van der Waals surface area contributed by atoms with Crippen LogP contribution in [0.5, 0.6) is 0 Å². The van der Waals surface area contributed by atoms with Gasteiger partial charge in [-0.25, -0.2) is 8.42 Å². The Kier molecular flexibility index (Phi) is 25.7. The zero-order valence-electron chi connectivity index (χ0n) is 28.1. The van der Waals surface area contributed by atoms with E-state index in [1.54, 1.807) is 17.0 Å². The fourth-order valence-corrected chi connectivity index (χ4v) is 5.64. The van der Waals surface area contributed by atoms with Crippen molar-refractivity contribution < 1.29 is 37.6 Å². The maximum atomic E-state index is 12.6. The van der Waals surface area contributed by atoms with Crippen molar-refractivity contribution in [1.29, 1.82) is 0 Å². The Morgan fingerprint density at radius 2 is 1.14 bits per heavy atom. The van der Waals surface area contributed by atoms with Gasteiger partial charge in [-0.3, -0.25) is 4.79 Å². The average molecular weight is 645 g/mol. The highest BCUT2D eigenvalue weighted by molar-refractivity contribution is 7.85. The molecule has 1 aromatic carbocycles. The Hall–Kier alpha value is -1.56. The summed E-state index contributed by atoms with van der Waals surface area (Å²) in [4.78, 5) is 14.2. The van der Waals surface area contributed by atoms with Crippen LogP contribution in [0.3, 0.4) is 0 Å². The molecule has 258 valence electrons. The largest absolute Gasteiger partial charge is 0.744 e. The highest BCUT2D eigenvalue weighted by Crippen LogP contribution is 2.14. The Bertz CT molecular complexity index is 920. The summed E-state index contributed by atoms with van der Waals surface area (Å²) in [5.74, 6) is 0.110. The number of aliphatic hydroxyl groups excluding tert-OH is 3. The lowest BCUT2D eigenvalue weighted by Gasteiger charge is -2.35. The van der Waals surface area contributed by atoms with Gasteiger partial charge in [0.25, 0.3) is 0 Å². The summed E-state index contributed by atoms with van der Waals surface area (Å²) in [6.45, 7) is 6.87. The molecule has 0 heterocycles. The molecule has 9 nitrogen and oxygen atoms in total. The first-order valence-corrected chi connectivity index (χ1v) is 18.4. The van der Waals surface area contributed by atoms with Gasteiger partial charge in [-0.05, 0) is 25.5 Å². The van der Waals surface area contributed by atoms with Gasteiger partial charge in [0.1, 0.15) is 23.2 Å². The van der Waals surface area contributed by atoms with Gasteiger partial charge in [-0.2, -0.15) is 0 Å². The van der Waals surface area contributed by atoms with Gasteiger partial charge in [0.15, 0.2) is 0 Å². The van der Waals surface area contributed by atoms with Crippen LogP contribution >= 0.6 is 0 Å². The number of likely N-dealkylation sites (N-methyl/N-ethyl adjacent to an activating group) is 1. The predicted octanol–water partition coefficient (Wildman–Crippen LogP) is 5.40. The number of quaternary nitrogens is 1. The van der Waals surface area contributed by atoms with Gasteiger partial charge >= 0.3 is 0 Å². The van der Waals surface area contributed by atoms with E-state index < -0.39 is 10.1 Å². The van der Waals surface area contributed by atoms with Crippen LogP contribution in [0.1, 0.15) is 115 Å². The molecule has 0 atom stereocenters. The molecule has 1 aromatic rings. The van der Waals surface area contributed by atoms with Crippen molar-refractivity contribution >= 4 is 16.0 Å². The Labute approximate surface area is 269 Å². The monoisotopic (exact) mass is 644 g/mol. The molecule has 0 aliphatic heterocycles. The van der Waals surface area contributed by atoms with Crippen molar-refractivity contribution in [2.24, 2.45) is 0 Å². The second kappa shape index (κ2) is 26.6. The van der Waals surface area contributed by atoms with Crippen LogP contribution in [0.15, 0.2) is 29.2 Å². The minimum Gasteiger partial charge on any atom is -0.744 e. The van der Waals surface area contributed by atoms with Crippen LogP contribution in [0.2, 0.25) is 0 Å². The summed E-state index contributed by atoms with van der Waals surface area (Å²) < 4.78 is 31.7. The van der Waals surface area contributed by atoms with E-state index in [-0.39, 0.29) is 30.6 Å². The van der Waals surface area contributed by atoms with E-state index in [4.69, 9.17) is 0 Å². The Morgan fingerprint density at radius 3 is 1.52 bits per heavy atom. The highest BCUT2D eigenvalue weighted by atomic mass is 32.2. The molecule has 0 aromatic heterocycles. The molecule has 0 saturated carbocycles. The number of aliphatic hydroxyl groups is 3. The molecule has 0 saturated heterocycles. The maximum absolute atomic E-state index is 12.6. The number of benzene rings is 1. The minimum absolute atomic E-state index is 0.0334. The molecular formula is C34H64N2O7S. The number of unbranched alkanes of at least 4 members (excludes halogenated alkanes) is 14. The van der Waals surface area contributed by atoms with Crippen molar-refractivity contribution in [2.75, 3.05) is 59.6 Å². The van der Waals surface area contributed by atoms with Crippen LogP contribution in [0, 0.1) is 6.92 Å². The number of carbonyl (C=O) groups is 1. The summed E-state index contributed by atoms with van der Waals surface area (Å²) in [6, 6.07) is 5.78. The van der Waals surface area contributed by atoms with E-state index in [2.05, 4.69) is 6.92 Å². The Morgan fingerprint density at radius 1 is 0.705 bits per heavy atom. The molecule has 10 heteroatoms. The molecule has 0 radical (unpaired) electrons. The van der Waals surface area contributed by atoms with Gasteiger partial charge in [0.2, 0.25) is 5.91 Å². The van der Waals surface area contributed by atoms with Crippen molar-refractivity contribution in [3.63, 3.8) is 0 Å². The molecule has 1 amide bonds. The Balaban J connectivity index is 0.00000139.